The first-order valence-corrected chi connectivity index (χ1v) is 9.57. The Bertz CT molecular complexity index is 1180. The van der Waals surface area contributed by atoms with Gasteiger partial charge in [-0.15, -0.1) is 0 Å². The minimum Gasteiger partial charge on any atom is -0.475 e. The highest BCUT2D eigenvalue weighted by molar-refractivity contribution is 6.09. The molecular formula is C23H19F3N4O3. The zero-order valence-electron chi connectivity index (χ0n) is 17.3. The molecule has 0 bridgehead atoms. The first kappa shape index (κ1) is 23.5. The Morgan fingerprint density at radius 1 is 0.970 bits per heavy atom. The molecule has 1 aromatic heterocycles. The van der Waals surface area contributed by atoms with Crippen LogP contribution in [-0.4, -0.2) is 46.1 Å². The van der Waals surface area contributed by atoms with E-state index in [9.17, 15) is 18.0 Å². The van der Waals surface area contributed by atoms with Crippen molar-refractivity contribution in [2.24, 2.45) is 10.7 Å². The first-order valence-electron chi connectivity index (χ1n) is 9.57. The van der Waals surface area contributed by atoms with E-state index in [1.165, 1.54) is 4.90 Å². The second-order valence-electron chi connectivity index (χ2n) is 7.03. The highest BCUT2D eigenvalue weighted by Crippen LogP contribution is 2.40. The van der Waals surface area contributed by atoms with Gasteiger partial charge in [0, 0.05) is 19.4 Å². The zero-order chi connectivity index (χ0) is 24.2. The number of halogens is 3. The molecule has 3 N–H and O–H groups in total. The highest BCUT2D eigenvalue weighted by Gasteiger charge is 2.49. The molecule has 0 saturated carbocycles. The summed E-state index contributed by atoms with van der Waals surface area (Å²) < 4.78 is 31.7. The molecule has 3 aromatic rings. The lowest BCUT2D eigenvalue weighted by molar-refractivity contribution is -0.192. The molecule has 1 amide bonds. The average molecular weight is 456 g/mol. The fourth-order valence-electron chi connectivity index (χ4n) is 3.33. The molecule has 0 aliphatic carbocycles. The van der Waals surface area contributed by atoms with Gasteiger partial charge in [0.1, 0.15) is 0 Å². The summed E-state index contributed by atoms with van der Waals surface area (Å²) >= 11 is 0. The van der Waals surface area contributed by atoms with Crippen LogP contribution >= 0.6 is 0 Å². The van der Waals surface area contributed by atoms with Crippen LogP contribution in [0.25, 0.3) is 11.1 Å². The molecule has 10 heteroatoms. The second-order valence-corrected chi connectivity index (χ2v) is 7.03. The van der Waals surface area contributed by atoms with Gasteiger partial charge in [-0.1, -0.05) is 48.5 Å². The number of aliphatic imine (C=N–C) groups is 1. The summed E-state index contributed by atoms with van der Waals surface area (Å²) in [7, 11) is 1.65. The van der Waals surface area contributed by atoms with Gasteiger partial charge in [-0.05, 0) is 40.5 Å². The Balaban J connectivity index is 0.000000383. The molecule has 0 spiro atoms. The van der Waals surface area contributed by atoms with Gasteiger partial charge in [-0.25, -0.2) is 9.79 Å². The molecule has 1 unspecified atom stereocenters. The van der Waals surface area contributed by atoms with E-state index in [1.54, 1.807) is 19.4 Å². The third-order valence-electron chi connectivity index (χ3n) is 4.97. The van der Waals surface area contributed by atoms with Gasteiger partial charge in [0.15, 0.2) is 11.5 Å². The Labute approximate surface area is 187 Å². The molecule has 170 valence electrons. The Morgan fingerprint density at radius 3 is 2.06 bits per heavy atom. The van der Waals surface area contributed by atoms with Crippen molar-refractivity contribution in [2.75, 3.05) is 7.05 Å². The largest absolute Gasteiger partial charge is 0.490 e. The van der Waals surface area contributed by atoms with Gasteiger partial charge in [0.05, 0.1) is 0 Å². The van der Waals surface area contributed by atoms with Crippen LogP contribution < -0.4 is 5.73 Å². The maximum Gasteiger partial charge on any atom is 0.490 e. The predicted octanol–water partition coefficient (Wildman–Crippen LogP) is 3.41. The summed E-state index contributed by atoms with van der Waals surface area (Å²) in [6, 6.07) is 21.3. The van der Waals surface area contributed by atoms with Crippen LogP contribution in [0.4, 0.5) is 13.2 Å². The number of alkyl halides is 3. The number of guanidine groups is 1. The molecule has 0 saturated heterocycles. The second kappa shape index (κ2) is 9.11. The number of pyridine rings is 1. The minimum atomic E-state index is -5.08. The number of benzene rings is 2. The highest BCUT2D eigenvalue weighted by atomic mass is 19.4. The molecular weight excluding hydrogens is 437 g/mol. The summed E-state index contributed by atoms with van der Waals surface area (Å²) in [5.74, 6) is -2.70. The Hall–Kier alpha value is -4.21. The Kier molecular flexibility index (Phi) is 6.47. The van der Waals surface area contributed by atoms with Gasteiger partial charge in [-0.3, -0.25) is 14.7 Å². The fourth-order valence-corrected chi connectivity index (χ4v) is 3.33. The Morgan fingerprint density at radius 2 is 1.55 bits per heavy atom. The van der Waals surface area contributed by atoms with E-state index >= 15 is 0 Å². The monoisotopic (exact) mass is 456 g/mol. The van der Waals surface area contributed by atoms with Crippen LogP contribution in [0.2, 0.25) is 0 Å². The summed E-state index contributed by atoms with van der Waals surface area (Å²) in [6.07, 6.45) is -1.58. The summed E-state index contributed by atoms with van der Waals surface area (Å²) in [5, 5.41) is 7.12. The van der Waals surface area contributed by atoms with Crippen molar-refractivity contribution in [3.63, 3.8) is 0 Å². The lowest BCUT2D eigenvalue weighted by atomic mass is 9.82. The fraction of sp³-hybridized carbons (Fsp3) is 0.130. The molecule has 2 heterocycles. The van der Waals surface area contributed by atoms with Gasteiger partial charge >= 0.3 is 12.1 Å². The number of carboxylic acids is 1. The number of hydrogen-bond donors (Lipinski definition) is 2. The third kappa shape index (κ3) is 4.69. The molecule has 0 fully saturated rings. The smallest absolute Gasteiger partial charge is 0.475 e. The van der Waals surface area contributed by atoms with Crippen molar-refractivity contribution in [1.82, 2.24) is 9.88 Å². The number of aliphatic carboxylic acids is 1. The molecule has 33 heavy (non-hydrogen) atoms. The van der Waals surface area contributed by atoms with Crippen molar-refractivity contribution in [2.45, 2.75) is 11.7 Å². The molecule has 4 rings (SSSR count). The van der Waals surface area contributed by atoms with E-state index in [1.807, 2.05) is 66.7 Å². The van der Waals surface area contributed by atoms with E-state index in [2.05, 4.69) is 9.98 Å². The summed E-state index contributed by atoms with van der Waals surface area (Å²) in [5.41, 5.74) is 8.46. The van der Waals surface area contributed by atoms with Crippen LogP contribution in [0.5, 0.6) is 0 Å². The van der Waals surface area contributed by atoms with E-state index in [4.69, 9.17) is 15.6 Å². The SMILES string of the molecule is CN1C(=O)C(c2ccccc2)(c2cccc(-c3ccncc3)c2)N=C1N.O=C(O)C(F)(F)F. The summed E-state index contributed by atoms with van der Waals surface area (Å²) in [4.78, 5) is 32.2. The maximum atomic E-state index is 13.2. The van der Waals surface area contributed by atoms with E-state index in [0.717, 1.165) is 22.3 Å². The molecule has 2 aromatic carbocycles. The van der Waals surface area contributed by atoms with Crippen LogP contribution in [-0.2, 0) is 15.1 Å². The van der Waals surface area contributed by atoms with Gasteiger partial charge in [0.25, 0.3) is 5.91 Å². The molecule has 0 radical (unpaired) electrons. The van der Waals surface area contributed by atoms with Crippen molar-refractivity contribution >= 4 is 17.8 Å². The van der Waals surface area contributed by atoms with Crippen molar-refractivity contribution in [3.05, 3.63) is 90.3 Å². The molecule has 1 aliphatic heterocycles. The first-order chi connectivity index (χ1) is 15.6. The average Bonchev–Trinajstić information content (AvgIpc) is 3.05. The van der Waals surface area contributed by atoms with E-state index < -0.39 is 17.7 Å². The molecule has 1 aliphatic rings. The number of amides is 1. The normalized spacial score (nSPS) is 17.8. The van der Waals surface area contributed by atoms with E-state index in [-0.39, 0.29) is 11.9 Å². The molecule has 1 atom stereocenters. The van der Waals surface area contributed by atoms with Crippen LogP contribution in [0, 0.1) is 0 Å². The number of likely N-dealkylation sites (N-methyl/N-ethyl adjacent to an activating group) is 1. The number of carbonyl (C=O) groups excluding carboxylic acids is 1. The van der Waals surface area contributed by atoms with Crippen LogP contribution in [0.15, 0.2) is 84.1 Å². The topological polar surface area (TPSA) is 109 Å². The van der Waals surface area contributed by atoms with Crippen molar-refractivity contribution < 1.29 is 27.9 Å². The number of rotatable bonds is 3. The van der Waals surface area contributed by atoms with E-state index in [0.29, 0.717) is 0 Å². The van der Waals surface area contributed by atoms with Gasteiger partial charge in [-0.2, -0.15) is 13.2 Å². The standard InChI is InChI=1S/C21H18N4O.C2HF3O2/c1-25-19(26)21(24-20(25)22,17-7-3-2-4-8-17)18-9-5-6-16(14-18)15-10-12-23-13-11-15;3-2(4,5)1(6)7/h2-14H,1H3,(H2,22,24);(H,6,7). The van der Waals surface area contributed by atoms with Gasteiger partial charge < -0.3 is 10.8 Å². The van der Waals surface area contributed by atoms with Gasteiger partial charge in [0.2, 0.25) is 0 Å². The number of carbonyl (C=O) groups is 2. The zero-order valence-corrected chi connectivity index (χ0v) is 17.3. The molecule has 7 nitrogen and oxygen atoms in total. The number of aromatic nitrogens is 1. The maximum absolute atomic E-state index is 13.2. The minimum absolute atomic E-state index is 0.159. The van der Waals surface area contributed by atoms with Crippen LogP contribution in [0.3, 0.4) is 0 Å². The number of nitrogens with two attached hydrogens (primary N) is 1. The summed E-state index contributed by atoms with van der Waals surface area (Å²) in [6.45, 7) is 0. The van der Waals surface area contributed by atoms with Crippen molar-refractivity contribution in [1.29, 1.82) is 0 Å². The third-order valence-corrected chi connectivity index (χ3v) is 4.97. The lowest BCUT2D eigenvalue weighted by Crippen LogP contribution is -2.41. The van der Waals surface area contributed by atoms with Crippen LogP contribution in [0.1, 0.15) is 11.1 Å². The number of nitrogens with zero attached hydrogens (tertiary/aromatic N) is 3. The lowest BCUT2D eigenvalue weighted by Gasteiger charge is -2.26. The number of hydrogen-bond acceptors (Lipinski definition) is 5. The van der Waals surface area contributed by atoms with Crippen molar-refractivity contribution in [3.8, 4) is 11.1 Å². The predicted molar refractivity (Wildman–Crippen MR) is 115 cm³/mol. The quantitative estimate of drug-likeness (QED) is 0.628. The number of carboxylic acid groups (broad SMARTS) is 1.